The van der Waals surface area contributed by atoms with Gasteiger partial charge in [0.15, 0.2) is 35.2 Å². The van der Waals surface area contributed by atoms with E-state index in [1.807, 2.05) is 0 Å². The Hall–Kier alpha value is -4.14. The summed E-state index contributed by atoms with van der Waals surface area (Å²) >= 11 is 0. The summed E-state index contributed by atoms with van der Waals surface area (Å²) in [4.78, 5) is 26.8. The maximum absolute atomic E-state index is 13.7. The van der Waals surface area contributed by atoms with Crippen LogP contribution in [0.3, 0.4) is 0 Å². The van der Waals surface area contributed by atoms with Gasteiger partial charge in [0.2, 0.25) is 0 Å². The number of aliphatic hydroxyl groups is 3. The lowest BCUT2D eigenvalue weighted by Crippen LogP contribution is -2.60. The van der Waals surface area contributed by atoms with Crippen molar-refractivity contribution in [3.63, 3.8) is 0 Å². The molecule has 0 aliphatic carbocycles. The summed E-state index contributed by atoms with van der Waals surface area (Å²) in [6.07, 6.45) is -6.12. The van der Waals surface area contributed by atoms with Crippen LogP contribution in [-0.2, 0) is 18.9 Å². The van der Waals surface area contributed by atoms with Crippen molar-refractivity contribution >= 4 is 22.9 Å². The molecule has 6 N–H and O–H groups in total. The van der Waals surface area contributed by atoms with Crippen molar-refractivity contribution < 1.29 is 63.6 Å². The molecule has 212 valence electrons. The molecule has 1 unspecified atom stereocenters. The highest BCUT2D eigenvalue weighted by molar-refractivity contribution is 6.17. The van der Waals surface area contributed by atoms with E-state index in [0.29, 0.717) is 5.57 Å². The fourth-order valence-electron chi connectivity index (χ4n) is 4.59. The van der Waals surface area contributed by atoms with Crippen molar-refractivity contribution in [2.45, 2.75) is 37.6 Å². The van der Waals surface area contributed by atoms with Crippen LogP contribution in [-0.4, -0.2) is 93.1 Å². The second kappa shape index (κ2) is 10.8. The number of esters is 2. The van der Waals surface area contributed by atoms with Gasteiger partial charge >= 0.3 is 11.9 Å². The van der Waals surface area contributed by atoms with Gasteiger partial charge < -0.3 is 54.0 Å². The fraction of sp³-hybridized carbons (Fsp3) is 0.333. The molecule has 0 radical (unpaired) electrons. The lowest BCUT2D eigenvalue weighted by molar-refractivity contribution is -0.298. The summed E-state index contributed by atoms with van der Waals surface area (Å²) in [5.41, 5.74) is -0.0266. The third-order valence-electron chi connectivity index (χ3n) is 6.66. The van der Waals surface area contributed by atoms with Gasteiger partial charge in [-0.2, -0.15) is 0 Å². The van der Waals surface area contributed by atoms with Crippen LogP contribution in [0.25, 0.3) is 22.3 Å². The van der Waals surface area contributed by atoms with Crippen molar-refractivity contribution in [3.8, 4) is 28.6 Å². The molecular weight excluding hydrogens is 532 g/mol. The highest BCUT2D eigenvalue weighted by Gasteiger charge is 2.49. The van der Waals surface area contributed by atoms with Gasteiger partial charge in [0.25, 0.3) is 0 Å². The molecule has 0 bridgehead atoms. The largest absolute Gasteiger partial charge is 0.504 e. The number of phenols is 3. The molecule has 3 aromatic rings. The first-order valence-electron chi connectivity index (χ1n) is 12.2. The number of aliphatic hydroxyl groups excluding tert-OH is 3. The Bertz CT molecular complexity index is 1490. The van der Waals surface area contributed by atoms with Crippen LogP contribution in [0.15, 0.2) is 46.4 Å². The Morgan fingerprint density at radius 3 is 2.50 bits per heavy atom. The molecule has 0 spiro atoms. The maximum atomic E-state index is 13.7. The molecule has 1 fully saturated rings. The number of furan rings is 1. The van der Waals surface area contributed by atoms with Crippen LogP contribution >= 0.6 is 0 Å². The van der Waals surface area contributed by atoms with Gasteiger partial charge in [-0.25, -0.2) is 9.59 Å². The van der Waals surface area contributed by atoms with E-state index < -0.39 is 66.5 Å². The van der Waals surface area contributed by atoms with Crippen LogP contribution in [0.2, 0.25) is 0 Å². The van der Waals surface area contributed by atoms with Crippen molar-refractivity contribution in [2.75, 3.05) is 19.8 Å². The standard InChI is InChI=1S/C27H26O13/c1-11(6-7-28)9-37-27-21(33)20(32)24-17(38-27)10-36-25(34)13-3-5-15(30)23-18(13)19(26(35)40-24)22(39-23)12-2-4-14(29)16(31)8-12/h2-6,8,17,20-21,24,27-33H,7,9-10H2,1H3/b11-6-/t17-,20-,21-,24-,27?/m0/s1. The van der Waals surface area contributed by atoms with Crippen LogP contribution < -0.4 is 0 Å². The number of carbonyl (C=O) groups is 2. The summed E-state index contributed by atoms with van der Waals surface area (Å²) in [5.74, 6) is -3.62. The van der Waals surface area contributed by atoms with Crippen molar-refractivity contribution in [3.05, 3.63) is 53.1 Å². The lowest BCUT2D eigenvalue weighted by Gasteiger charge is -2.41. The number of rotatable bonds is 5. The molecule has 1 saturated heterocycles. The fourth-order valence-corrected chi connectivity index (χ4v) is 4.59. The number of hydrogen-bond donors (Lipinski definition) is 6. The monoisotopic (exact) mass is 558 g/mol. The molecule has 0 saturated carbocycles. The summed E-state index contributed by atoms with van der Waals surface area (Å²) in [6.45, 7) is 0.886. The molecule has 1 aromatic heterocycles. The molecule has 40 heavy (non-hydrogen) atoms. The van der Waals surface area contributed by atoms with Crippen molar-refractivity contribution in [1.29, 1.82) is 0 Å². The molecule has 13 heteroatoms. The first-order chi connectivity index (χ1) is 19.1. The summed E-state index contributed by atoms with van der Waals surface area (Å²) in [6, 6.07) is 5.98. The molecule has 2 aliphatic heterocycles. The Balaban J connectivity index is 1.57. The first kappa shape index (κ1) is 27.4. The predicted octanol–water partition coefficient (Wildman–Crippen LogP) is 1.31. The van der Waals surface area contributed by atoms with Gasteiger partial charge in [-0.1, -0.05) is 6.08 Å². The summed E-state index contributed by atoms with van der Waals surface area (Å²) < 4.78 is 28.1. The van der Waals surface area contributed by atoms with E-state index in [-0.39, 0.29) is 46.6 Å². The van der Waals surface area contributed by atoms with E-state index in [1.54, 1.807) is 6.92 Å². The van der Waals surface area contributed by atoms with Crippen LogP contribution in [0.4, 0.5) is 0 Å². The van der Waals surface area contributed by atoms with Gasteiger partial charge in [0, 0.05) is 5.56 Å². The minimum atomic E-state index is -1.74. The molecule has 2 aliphatic rings. The number of carbonyl (C=O) groups excluding carboxylic acids is 2. The van der Waals surface area contributed by atoms with Gasteiger partial charge in [-0.15, -0.1) is 0 Å². The van der Waals surface area contributed by atoms with Gasteiger partial charge in [0.05, 0.1) is 24.2 Å². The van der Waals surface area contributed by atoms with E-state index in [2.05, 4.69) is 0 Å². The molecule has 2 aromatic carbocycles. The van der Waals surface area contributed by atoms with Crippen LogP contribution in [0.5, 0.6) is 17.2 Å². The number of ether oxygens (including phenoxy) is 4. The SMILES string of the molecule is C/C(=C/CO)COC1O[C@H]2COC(=O)c3ccc(O)c4oc(-c5ccc(O)c(O)c5)c(c34)C(=O)O[C@@H]2[C@@H](O)[C@@H]1O. The Kier molecular flexibility index (Phi) is 7.40. The van der Waals surface area contributed by atoms with E-state index in [0.717, 1.165) is 12.1 Å². The van der Waals surface area contributed by atoms with Crippen molar-refractivity contribution in [1.82, 2.24) is 0 Å². The Morgan fingerprint density at radius 1 is 1.02 bits per heavy atom. The third-order valence-corrected chi connectivity index (χ3v) is 6.66. The number of aromatic hydroxyl groups is 3. The second-order valence-electron chi connectivity index (χ2n) is 9.38. The second-order valence-corrected chi connectivity index (χ2v) is 9.38. The van der Waals surface area contributed by atoms with E-state index in [9.17, 15) is 35.1 Å². The number of phenolic OH excluding ortho intramolecular Hbond substituents is 3. The molecule has 0 amide bonds. The lowest BCUT2D eigenvalue weighted by atomic mass is 9.97. The number of benzene rings is 2. The minimum Gasteiger partial charge on any atom is -0.504 e. The van der Waals surface area contributed by atoms with Gasteiger partial charge in [-0.3, -0.25) is 0 Å². The third kappa shape index (κ3) is 4.85. The molecule has 5 rings (SSSR count). The van der Waals surface area contributed by atoms with E-state index in [1.165, 1.54) is 24.3 Å². The van der Waals surface area contributed by atoms with Crippen LogP contribution in [0.1, 0.15) is 27.6 Å². The average molecular weight is 558 g/mol. The zero-order valence-corrected chi connectivity index (χ0v) is 21.0. The van der Waals surface area contributed by atoms with Gasteiger partial charge in [-0.05, 0) is 42.8 Å². The zero-order valence-electron chi connectivity index (χ0n) is 21.0. The highest BCUT2D eigenvalue weighted by Crippen LogP contribution is 2.43. The summed E-state index contributed by atoms with van der Waals surface area (Å²) in [5, 5.41) is 60.7. The average Bonchev–Trinajstić information content (AvgIpc) is 3.33. The first-order valence-corrected chi connectivity index (χ1v) is 12.2. The predicted molar refractivity (Wildman–Crippen MR) is 134 cm³/mol. The molecule has 13 nitrogen and oxygen atoms in total. The maximum Gasteiger partial charge on any atom is 0.343 e. The quantitative estimate of drug-likeness (QED) is 0.149. The molecular formula is C27H26O13. The zero-order chi connectivity index (χ0) is 28.7. The normalized spacial score (nSPS) is 25.3. The number of fused-ring (bicyclic) bond motifs is 1. The van der Waals surface area contributed by atoms with E-state index in [4.69, 9.17) is 28.5 Å². The number of cyclic esters (lactones) is 1. The Labute approximate surface area is 226 Å². The van der Waals surface area contributed by atoms with Crippen LogP contribution in [0, 0.1) is 0 Å². The highest BCUT2D eigenvalue weighted by atomic mass is 16.7. The molecule has 3 heterocycles. The topological polar surface area (TPSA) is 206 Å². The van der Waals surface area contributed by atoms with E-state index >= 15 is 0 Å². The van der Waals surface area contributed by atoms with Gasteiger partial charge in [0.1, 0.15) is 36.2 Å². The number of hydrogen-bond acceptors (Lipinski definition) is 13. The smallest absolute Gasteiger partial charge is 0.343 e. The van der Waals surface area contributed by atoms with Crippen molar-refractivity contribution in [2.24, 2.45) is 0 Å². The summed E-state index contributed by atoms with van der Waals surface area (Å²) in [7, 11) is 0. The molecule has 5 atom stereocenters. The minimum absolute atomic E-state index is 0.0569. The Morgan fingerprint density at radius 2 is 1.77 bits per heavy atom.